The van der Waals surface area contributed by atoms with Crippen molar-refractivity contribution in [1.82, 2.24) is 9.55 Å². The van der Waals surface area contributed by atoms with Crippen LogP contribution in [-0.2, 0) is 4.74 Å². The molecule has 0 aliphatic carbocycles. The van der Waals surface area contributed by atoms with E-state index >= 15 is 0 Å². The minimum Gasteiger partial charge on any atom is -0.394 e. The summed E-state index contributed by atoms with van der Waals surface area (Å²) in [6, 6.07) is -0.588. The summed E-state index contributed by atoms with van der Waals surface area (Å²) in [6.45, 7) is 1.38. The topological polar surface area (TPSA) is 105 Å². The predicted molar refractivity (Wildman–Crippen MR) is 57.9 cm³/mol. The van der Waals surface area contributed by atoms with Gasteiger partial charge < -0.3 is 14.9 Å². The van der Waals surface area contributed by atoms with Gasteiger partial charge in [-0.05, 0) is 6.92 Å². The lowest BCUT2D eigenvalue weighted by atomic mass is 10.1. The molecule has 0 bridgehead atoms. The van der Waals surface area contributed by atoms with E-state index in [1.807, 2.05) is 0 Å². The maximum atomic E-state index is 11.6. The van der Waals surface area contributed by atoms with Gasteiger partial charge in [0.15, 0.2) is 0 Å². The van der Waals surface area contributed by atoms with Crippen LogP contribution in [0.2, 0.25) is 0 Å². The van der Waals surface area contributed by atoms with Crippen LogP contribution in [0.25, 0.3) is 0 Å². The fourth-order valence-electron chi connectivity index (χ4n) is 1.91. The molecule has 0 aromatic carbocycles. The highest BCUT2D eigenvalue weighted by Gasteiger charge is 2.37. The Morgan fingerprint density at radius 1 is 1.59 bits per heavy atom. The Labute approximate surface area is 96.3 Å². The lowest BCUT2D eigenvalue weighted by Crippen LogP contribution is -2.39. The van der Waals surface area contributed by atoms with Gasteiger partial charge in [-0.15, -0.1) is 0 Å². The van der Waals surface area contributed by atoms with Crippen LogP contribution in [0.5, 0.6) is 0 Å². The first-order valence-electron chi connectivity index (χ1n) is 5.27. The molecular formula is C10H14N2O5. The smallest absolute Gasteiger partial charge is 0.328 e. The number of aliphatic hydroxyl groups excluding tert-OH is 2. The standard InChI is InChI=1S/C10H14N2O5/c1-5-2-12(10(16)11-9(5)15)6-4-17-7(3-13)8(6)14/h2,6-8,13-14H,3-4H2,1H3,(H,11,15,16)/t6?,7-,8-/m1/s1. The van der Waals surface area contributed by atoms with Gasteiger partial charge in [-0.1, -0.05) is 0 Å². The van der Waals surface area contributed by atoms with E-state index in [0.717, 1.165) is 0 Å². The van der Waals surface area contributed by atoms with E-state index in [-0.39, 0.29) is 13.2 Å². The first-order chi connectivity index (χ1) is 8.04. The minimum absolute atomic E-state index is 0.123. The summed E-state index contributed by atoms with van der Waals surface area (Å²) in [5.74, 6) is 0. The summed E-state index contributed by atoms with van der Waals surface area (Å²) in [5.41, 5.74) is -0.658. The van der Waals surface area contributed by atoms with E-state index in [1.54, 1.807) is 6.92 Å². The fourth-order valence-corrected chi connectivity index (χ4v) is 1.91. The van der Waals surface area contributed by atoms with Gasteiger partial charge in [0, 0.05) is 11.8 Å². The van der Waals surface area contributed by atoms with E-state index in [1.165, 1.54) is 10.8 Å². The van der Waals surface area contributed by atoms with E-state index in [9.17, 15) is 14.7 Å². The molecule has 1 fully saturated rings. The number of nitrogens with one attached hydrogen (secondary N) is 1. The van der Waals surface area contributed by atoms with Crippen molar-refractivity contribution >= 4 is 0 Å². The third-order valence-electron chi connectivity index (χ3n) is 2.94. The molecule has 1 aromatic rings. The van der Waals surface area contributed by atoms with E-state index < -0.39 is 29.5 Å². The molecule has 0 radical (unpaired) electrons. The SMILES string of the molecule is Cc1cn(C2CO[C@H](CO)[C@@H]2O)c(=O)[nH]c1=O. The summed E-state index contributed by atoms with van der Waals surface area (Å²) in [7, 11) is 0. The van der Waals surface area contributed by atoms with Crippen molar-refractivity contribution in [3.05, 3.63) is 32.6 Å². The van der Waals surface area contributed by atoms with Gasteiger partial charge in [0.05, 0.1) is 19.3 Å². The van der Waals surface area contributed by atoms with Crippen LogP contribution in [0.1, 0.15) is 11.6 Å². The molecular weight excluding hydrogens is 228 g/mol. The largest absolute Gasteiger partial charge is 0.394 e. The van der Waals surface area contributed by atoms with Gasteiger partial charge in [0.1, 0.15) is 12.2 Å². The molecule has 2 rings (SSSR count). The van der Waals surface area contributed by atoms with E-state index in [0.29, 0.717) is 5.56 Å². The van der Waals surface area contributed by atoms with Crippen molar-refractivity contribution in [2.24, 2.45) is 0 Å². The zero-order valence-corrected chi connectivity index (χ0v) is 9.29. The lowest BCUT2D eigenvalue weighted by molar-refractivity contribution is 0.00188. The number of aromatic nitrogens is 2. The van der Waals surface area contributed by atoms with Crippen LogP contribution in [0.15, 0.2) is 15.8 Å². The van der Waals surface area contributed by atoms with Crippen molar-refractivity contribution in [3.63, 3.8) is 0 Å². The minimum atomic E-state index is -0.969. The molecule has 3 atom stereocenters. The highest BCUT2D eigenvalue weighted by molar-refractivity contribution is 5.03. The third kappa shape index (κ3) is 2.04. The number of nitrogens with zero attached hydrogens (tertiary/aromatic N) is 1. The number of aromatic amines is 1. The highest BCUT2D eigenvalue weighted by Crippen LogP contribution is 2.23. The second-order valence-corrected chi connectivity index (χ2v) is 4.09. The quantitative estimate of drug-likeness (QED) is 0.564. The van der Waals surface area contributed by atoms with Crippen LogP contribution in [0, 0.1) is 6.92 Å². The number of hydrogen-bond donors (Lipinski definition) is 3. The van der Waals surface area contributed by atoms with Gasteiger partial charge in [-0.3, -0.25) is 14.3 Å². The highest BCUT2D eigenvalue weighted by atomic mass is 16.5. The van der Waals surface area contributed by atoms with Crippen LogP contribution in [-0.4, -0.2) is 45.2 Å². The molecule has 1 aliphatic heterocycles. The van der Waals surface area contributed by atoms with Gasteiger partial charge in [0.25, 0.3) is 5.56 Å². The van der Waals surface area contributed by atoms with E-state index in [2.05, 4.69) is 4.98 Å². The van der Waals surface area contributed by atoms with Crippen molar-refractivity contribution in [2.45, 2.75) is 25.2 Å². The van der Waals surface area contributed by atoms with Crippen LogP contribution >= 0.6 is 0 Å². The summed E-state index contributed by atoms with van der Waals surface area (Å²) in [5, 5.41) is 18.8. The summed E-state index contributed by atoms with van der Waals surface area (Å²) in [6.07, 6.45) is -0.278. The molecule has 7 heteroatoms. The molecule has 0 spiro atoms. The van der Waals surface area contributed by atoms with Crippen molar-refractivity contribution in [3.8, 4) is 0 Å². The molecule has 7 nitrogen and oxygen atoms in total. The van der Waals surface area contributed by atoms with Crippen molar-refractivity contribution in [2.75, 3.05) is 13.2 Å². The second-order valence-electron chi connectivity index (χ2n) is 4.09. The first kappa shape index (κ1) is 12.0. The number of H-pyrrole nitrogens is 1. The average Bonchev–Trinajstić information content (AvgIpc) is 2.65. The zero-order valence-electron chi connectivity index (χ0n) is 9.29. The van der Waals surface area contributed by atoms with Gasteiger partial charge in [-0.2, -0.15) is 0 Å². The maximum Gasteiger partial charge on any atom is 0.328 e. The number of hydrogen-bond acceptors (Lipinski definition) is 5. The zero-order chi connectivity index (χ0) is 12.6. The normalized spacial score (nSPS) is 28.5. The van der Waals surface area contributed by atoms with Crippen LogP contribution in [0.3, 0.4) is 0 Å². The molecule has 1 unspecified atom stereocenters. The van der Waals surface area contributed by atoms with Crippen molar-refractivity contribution < 1.29 is 14.9 Å². The number of aryl methyl sites for hydroxylation is 1. The Morgan fingerprint density at radius 2 is 2.29 bits per heavy atom. The molecule has 1 saturated heterocycles. The van der Waals surface area contributed by atoms with Gasteiger partial charge in [-0.25, -0.2) is 4.79 Å². The van der Waals surface area contributed by atoms with Gasteiger partial charge >= 0.3 is 5.69 Å². The molecule has 94 valence electrons. The fraction of sp³-hybridized carbons (Fsp3) is 0.600. The first-order valence-corrected chi connectivity index (χ1v) is 5.27. The Hall–Kier alpha value is -1.44. The molecule has 0 amide bonds. The number of ether oxygens (including phenoxy) is 1. The Balaban J connectivity index is 2.39. The molecule has 17 heavy (non-hydrogen) atoms. The van der Waals surface area contributed by atoms with Crippen molar-refractivity contribution in [1.29, 1.82) is 0 Å². The Kier molecular flexibility index (Phi) is 3.14. The maximum absolute atomic E-state index is 11.6. The molecule has 2 heterocycles. The van der Waals surface area contributed by atoms with Crippen LogP contribution < -0.4 is 11.2 Å². The molecule has 3 N–H and O–H groups in total. The monoisotopic (exact) mass is 242 g/mol. The summed E-state index contributed by atoms with van der Waals surface area (Å²) >= 11 is 0. The van der Waals surface area contributed by atoms with Gasteiger partial charge in [0.2, 0.25) is 0 Å². The molecule has 1 aliphatic rings. The average molecular weight is 242 g/mol. The Morgan fingerprint density at radius 3 is 2.88 bits per heavy atom. The summed E-state index contributed by atoms with van der Waals surface area (Å²) < 4.78 is 6.39. The lowest BCUT2D eigenvalue weighted by Gasteiger charge is -2.17. The predicted octanol–water partition coefficient (Wildman–Crippen LogP) is -1.86. The Bertz CT molecular complexity index is 520. The van der Waals surface area contributed by atoms with E-state index in [4.69, 9.17) is 9.84 Å². The second kappa shape index (κ2) is 4.44. The molecule has 1 aromatic heterocycles. The number of aliphatic hydroxyl groups is 2. The third-order valence-corrected chi connectivity index (χ3v) is 2.94. The number of rotatable bonds is 2. The summed E-state index contributed by atoms with van der Waals surface area (Å²) in [4.78, 5) is 25.0. The van der Waals surface area contributed by atoms with Crippen LogP contribution in [0.4, 0.5) is 0 Å². The molecule has 0 saturated carbocycles.